The molecule has 3 aromatic rings. The van der Waals surface area contributed by atoms with Gasteiger partial charge < -0.3 is 15.6 Å². The van der Waals surface area contributed by atoms with Gasteiger partial charge in [-0.2, -0.15) is 0 Å². The van der Waals surface area contributed by atoms with Gasteiger partial charge in [0.15, 0.2) is 5.16 Å². The molecule has 4 rings (SSSR count). The predicted octanol–water partition coefficient (Wildman–Crippen LogP) is 3.57. The molecule has 0 spiro atoms. The molecule has 2 heterocycles. The van der Waals surface area contributed by atoms with Crippen molar-refractivity contribution >= 4 is 35.1 Å². The van der Waals surface area contributed by atoms with E-state index in [0.29, 0.717) is 16.5 Å². The summed E-state index contributed by atoms with van der Waals surface area (Å²) in [6.45, 7) is 1.72. The summed E-state index contributed by atoms with van der Waals surface area (Å²) < 4.78 is 13.6. The summed E-state index contributed by atoms with van der Waals surface area (Å²) in [4.78, 5) is 44.9. The Hall–Kier alpha value is -3.46. The molecule has 2 amide bonds. The minimum atomic E-state index is -1.03. The highest BCUT2D eigenvalue weighted by atomic mass is 32.2. The third-order valence-corrected chi connectivity index (χ3v) is 5.87. The summed E-state index contributed by atoms with van der Waals surface area (Å²) in [7, 11) is 0. The number of aryl methyl sites for hydroxylation is 1. The lowest BCUT2D eigenvalue weighted by atomic mass is 9.92. The molecule has 0 radical (unpaired) electrons. The number of benzene rings is 2. The van der Waals surface area contributed by atoms with Gasteiger partial charge in [0.05, 0.1) is 11.5 Å². The van der Waals surface area contributed by atoms with Crippen LogP contribution in [-0.2, 0) is 15.3 Å². The Morgan fingerprint density at radius 2 is 2.00 bits per heavy atom. The highest BCUT2D eigenvalue weighted by Crippen LogP contribution is 2.31. The van der Waals surface area contributed by atoms with Crippen LogP contribution in [0.1, 0.15) is 29.0 Å². The van der Waals surface area contributed by atoms with Crippen molar-refractivity contribution in [1.29, 1.82) is 0 Å². The molecule has 1 aromatic heterocycles. The quantitative estimate of drug-likeness (QED) is 0.417. The van der Waals surface area contributed by atoms with Gasteiger partial charge in [0.25, 0.3) is 5.56 Å². The molecule has 0 bridgehead atoms. The largest absolute Gasteiger partial charge is 0.325 e. The van der Waals surface area contributed by atoms with E-state index in [4.69, 9.17) is 0 Å². The van der Waals surface area contributed by atoms with Crippen molar-refractivity contribution in [2.45, 2.75) is 30.2 Å². The lowest BCUT2D eigenvalue weighted by Crippen LogP contribution is -2.36. The van der Waals surface area contributed by atoms with Crippen molar-refractivity contribution in [2.75, 3.05) is 10.6 Å². The molecule has 7 nitrogen and oxygen atoms in total. The van der Waals surface area contributed by atoms with Gasteiger partial charge in [0.2, 0.25) is 11.8 Å². The normalized spacial score (nSPS) is 15.2. The van der Waals surface area contributed by atoms with Crippen LogP contribution in [0.4, 0.5) is 15.9 Å². The first-order valence-electron chi connectivity index (χ1n) is 9.58. The average molecular weight is 438 g/mol. The topological polar surface area (TPSA) is 104 Å². The first-order chi connectivity index (χ1) is 14.9. The Bertz CT molecular complexity index is 1210. The Morgan fingerprint density at radius 1 is 1.23 bits per heavy atom. The fraction of sp³-hybridized carbons (Fsp3) is 0.182. The van der Waals surface area contributed by atoms with Crippen LogP contribution < -0.4 is 16.2 Å². The van der Waals surface area contributed by atoms with E-state index in [0.717, 1.165) is 5.56 Å². The number of hydrogen-bond acceptors (Lipinski definition) is 5. The Kier molecular flexibility index (Phi) is 5.85. The zero-order valence-electron chi connectivity index (χ0n) is 16.6. The number of hydrogen-bond donors (Lipinski definition) is 3. The van der Waals surface area contributed by atoms with Gasteiger partial charge in [-0.25, -0.2) is 9.37 Å². The number of anilines is 2. The van der Waals surface area contributed by atoms with Crippen LogP contribution in [-0.4, -0.2) is 21.8 Å². The van der Waals surface area contributed by atoms with Gasteiger partial charge in [-0.3, -0.25) is 14.4 Å². The number of halogens is 1. The van der Waals surface area contributed by atoms with E-state index in [-0.39, 0.29) is 23.5 Å². The van der Waals surface area contributed by atoms with Crippen LogP contribution >= 0.6 is 11.8 Å². The van der Waals surface area contributed by atoms with E-state index in [9.17, 15) is 18.8 Å². The predicted molar refractivity (Wildman–Crippen MR) is 117 cm³/mol. The molecular weight excluding hydrogens is 419 g/mol. The summed E-state index contributed by atoms with van der Waals surface area (Å²) in [6, 6.07) is 13.7. The SMILES string of the molecule is Cc1ccc(F)cc1NC(=O)[C@@H]1CC(=O)Nc2nc(SCc3ccccc3)[nH]c(=O)c21. The summed E-state index contributed by atoms with van der Waals surface area (Å²) in [5.41, 5.74) is 1.61. The monoisotopic (exact) mass is 438 g/mol. The molecule has 9 heteroatoms. The average Bonchev–Trinajstić information content (AvgIpc) is 2.74. The molecule has 1 atom stereocenters. The number of rotatable bonds is 5. The van der Waals surface area contributed by atoms with E-state index in [1.807, 2.05) is 30.3 Å². The van der Waals surface area contributed by atoms with Gasteiger partial charge in [0, 0.05) is 17.9 Å². The highest BCUT2D eigenvalue weighted by molar-refractivity contribution is 7.98. The van der Waals surface area contributed by atoms with E-state index in [1.165, 1.54) is 30.0 Å². The molecule has 2 aromatic carbocycles. The van der Waals surface area contributed by atoms with E-state index < -0.39 is 29.1 Å². The van der Waals surface area contributed by atoms with Crippen molar-refractivity contribution in [3.05, 3.63) is 81.4 Å². The maximum atomic E-state index is 13.6. The lowest BCUT2D eigenvalue weighted by molar-refractivity contribution is -0.123. The van der Waals surface area contributed by atoms with Gasteiger partial charge >= 0.3 is 0 Å². The number of H-pyrrole nitrogens is 1. The third kappa shape index (κ3) is 4.66. The second-order valence-corrected chi connectivity index (χ2v) is 8.13. The summed E-state index contributed by atoms with van der Waals surface area (Å²) >= 11 is 1.32. The summed E-state index contributed by atoms with van der Waals surface area (Å²) in [5.74, 6) is -1.86. The minimum absolute atomic E-state index is 0.0756. The fourth-order valence-electron chi connectivity index (χ4n) is 3.32. The fourth-order valence-corrected chi connectivity index (χ4v) is 4.13. The number of nitrogens with zero attached hydrogens (tertiary/aromatic N) is 1. The van der Waals surface area contributed by atoms with Crippen LogP contribution in [0.25, 0.3) is 0 Å². The third-order valence-electron chi connectivity index (χ3n) is 4.92. The second kappa shape index (κ2) is 8.73. The summed E-state index contributed by atoms with van der Waals surface area (Å²) in [6.07, 6.45) is -0.200. The van der Waals surface area contributed by atoms with Gasteiger partial charge in [-0.15, -0.1) is 0 Å². The molecule has 0 saturated heterocycles. The van der Waals surface area contributed by atoms with Crippen molar-refractivity contribution in [2.24, 2.45) is 0 Å². The number of aromatic nitrogens is 2. The molecule has 1 aliphatic rings. The molecule has 0 saturated carbocycles. The molecule has 158 valence electrons. The van der Waals surface area contributed by atoms with Crippen molar-refractivity contribution < 1.29 is 14.0 Å². The smallest absolute Gasteiger partial charge is 0.257 e. The number of thioether (sulfide) groups is 1. The number of carbonyl (C=O) groups excluding carboxylic acids is 2. The van der Waals surface area contributed by atoms with Crippen LogP contribution in [0.5, 0.6) is 0 Å². The van der Waals surface area contributed by atoms with E-state index in [1.54, 1.807) is 6.92 Å². The van der Waals surface area contributed by atoms with Crippen molar-refractivity contribution in [1.82, 2.24) is 9.97 Å². The van der Waals surface area contributed by atoms with E-state index >= 15 is 0 Å². The molecule has 1 aliphatic heterocycles. The second-order valence-electron chi connectivity index (χ2n) is 7.16. The minimum Gasteiger partial charge on any atom is -0.325 e. The van der Waals surface area contributed by atoms with Crippen LogP contribution in [0.3, 0.4) is 0 Å². The number of carbonyl (C=O) groups is 2. The molecule has 0 fully saturated rings. The van der Waals surface area contributed by atoms with Crippen LogP contribution in [0.15, 0.2) is 58.5 Å². The van der Waals surface area contributed by atoms with E-state index in [2.05, 4.69) is 20.6 Å². The zero-order valence-corrected chi connectivity index (χ0v) is 17.4. The maximum absolute atomic E-state index is 13.6. The van der Waals surface area contributed by atoms with Gasteiger partial charge in [-0.05, 0) is 30.2 Å². The maximum Gasteiger partial charge on any atom is 0.257 e. The van der Waals surface area contributed by atoms with Gasteiger partial charge in [0.1, 0.15) is 11.6 Å². The van der Waals surface area contributed by atoms with Crippen molar-refractivity contribution in [3.8, 4) is 0 Å². The van der Waals surface area contributed by atoms with Gasteiger partial charge in [-0.1, -0.05) is 48.2 Å². The molecule has 31 heavy (non-hydrogen) atoms. The lowest BCUT2D eigenvalue weighted by Gasteiger charge is -2.23. The molecule has 0 aliphatic carbocycles. The molecule has 0 unspecified atom stereocenters. The number of amides is 2. The Labute approximate surface area is 181 Å². The van der Waals surface area contributed by atoms with Crippen LogP contribution in [0.2, 0.25) is 0 Å². The Balaban J connectivity index is 1.60. The van der Waals surface area contributed by atoms with Crippen LogP contribution in [0, 0.1) is 12.7 Å². The summed E-state index contributed by atoms with van der Waals surface area (Å²) in [5, 5.41) is 5.55. The highest BCUT2D eigenvalue weighted by Gasteiger charge is 2.35. The molecule has 3 N–H and O–H groups in total. The Morgan fingerprint density at radius 3 is 2.77 bits per heavy atom. The number of fused-ring (bicyclic) bond motifs is 1. The zero-order chi connectivity index (χ0) is 22.0. The number of aromatic amines is 1. The first kappa shape index (κ1) is 20.8. The number of nitrogens with one attached hydrogen (secondary N) is 3. The van der Waals surface area contributed by atoms with Crippen molar-refractivity contribution in [3.63, 3.8) is 0 Å². The molecular formula is C22H19FN4O3S. The first-order valence-corrected chi connectivity index (χ1v) is 10.6. The standard InChI is InChI=1S/C22H19FN4O3S/c1-12-7-8-14(23)9-16(12)24-20(29)15-10-17(28)25-19-18(15)21(30)27-22(26-19)31-11-13-5-3-2-4-6-13/h2-9,15H,10-11H2,1H3,(H,24,29)(H2,25,26,27,28,30)/t15-/m1/s1.